The maximum absolute atomic E-state index is 3.30. The van der Waals surface area contributed by atoms with Crippen LogP contribution in [0.1, 0.15) is 13.3 Å². The molecule has 1 heterocycles. The predicted octanol–water partition coefficient (Wildman–Crippen LogP) is 0.230. The third-order valence-electron chi connectivity index (χ3n) is 3.10. The normalized spacial score (nSPS) is 29.1. The minimum Gasteiger partial charge on any atom is -0.317 e. The number of nitrogens with one attached hydrogen (secondary N) is 1. The van der Waals surface area contributed by atoms with Gasteiger partial charge in [-0.2, -0.15) is 0 Å². The van der Waals surface area contributed by atoms with E-state index in [0.717, 1.165) is 6.04 Å². The second-order valence-electron chi connectivity index (χ2n) is 4.32. The van der Waals surface area contributed by atoms with Crippen LogP contribution in [0.3, 0.4) is 0 Å². The van der Waals surface area contributed by atoms with E-state index < -0.39 is 0 Å². The van der Waals surface area contributed by atoms with E-state index in [0.29, 0.717) is 6.04 Å². The van der Waals surface area contributed by atoms with Crippen LogP contribution in [0.25, 0.3) is 0 Å². The van der Waals surface area contributed by atoms with E-state index in [1.54, 1.807) is 0 Å². The topological polar surface area (TPSA) is 18.5 Å². The Kier molecular flexibility index (Phi) is 4.16. The fourth-order valence-electron chi connectivity index (χ4n) is 1.88. The van der Waals surface area contributed by atoms with Crippen molar-refractivity contribution < 1.29 is 0 Å². The molecule has 1 saturated heterocycles. The fourth-order valence-corrected chi connectivity index (χ4v) is 1.88. The van der Waals surface area contributed by atoms with Crippen molar-refractivity contribution in [3.8, 4) is 0 Å². The van der Waals surface area contributed by atoms with Crippen molar-refractivity contribution in [2.45, 2.75) is 25.4 Å². The van der Waals surface area contributed by atoms with Crippen LogP contribution in [0.15, 0.2) is 0 Å². The highest BCUT2D eigenvalue weighted by molar-refractivity contribution is 4.81. The van der Waals surface area contributed by atoms with E-state index in [4.69, 9.17) is 0 Å². The molecule has 78 valence electrons. The van der Waals surface area contributed by atoms with Crippen molar-refractivity contribution in [2.24, 2.45) is 0 Å². The van der Waals surface area contributed by atoms with Crippen molar-refractivity contribution in [3.63, 3.8) is 0 Å². The van der Waals surface area contributed by atoms with Crippen molar-refractivity contribution >= 4 is 0 Å². The molecule has 2 atom stereocenters. The SMILES string of the molecule is CNC(C)CC1CN(C)CCN1C. The minimum atomic E-state index is 0.624. The summed E-state index contributed by atoms with van der Waals surface area (Å²) >= 11 is 0. The van der Waals surface area contributed by atoms with Crippen LogP contribution >= 0.6 is 0 Å². The Morgan fingerprint density at radius 1 is 1.38 bits per heavy atom. The monoisotopic (exact) mass is 185 g/mol. The second kappa shape index (κ2) is 4.94. The molecule has 1 aliphatic rings. The Morgan fingerprint density at radius 2 is 2.08 bits per heavy atom. The molecule has 1 fully saturated rings. The molecule has 0 bridgehead atoms. The molecule has 0 aromatic heterocycles. The Labute approximate surface area is 82.1 Å². The summed E-state index contributed by atoms with van der Waals surface area (Å²) in [6.07, 6.45) is 1.25. The highest BCUT2D eigenvalue weighted by Gasteiger charge is 2.22. The molecule has 0 spiro atoms. The van der Waals surface area contributed by atoms with E-state index in [9.17, 15) is 0 Å². The Bertz CT molecular complexity index is 149. The van der Waals surface area contributed by atoms with Gasteiger partial charge in [0.1, 0.15) is 0 Å². The summed E-state index contributed by atoms with van der Waals surface area (Å²) in [6, 6.07) is 1.35. The van der Waals surface area contributed by atoms with Crippen molar-refractivity contribution in [2.75, 3.05) is 40.8 Å². The van der Waals surface area contributed by atoms with E-state index >= 15 is 0 Å². The van der Waals surface area contributed by atoms with Crippen LogP contribution in [-0.2, 0) is 0 Å². The highest BCUT2D eigenvalue weighted by Crippen LogP contribution is 2.11. The van der Waals surface area contributed by atoms with Gasteiger partial charge < -0.3 is 15.1 Å². The Hall–Kier alpha value is -0.120. The highest BCUT2D eigenvalue weighted by atomic mass is 15.3. The Morgan fingerprint density at radius 3 is 2.69 bits per heavy atom. The molecule has 0 saturated carbocycles. The van der Waals surface area contributed by atoms with Gasteiger partial charge in [-0.05, 0) is 34.5 Å². The molecular formula is C10H23N3. The van der Waals surface area contributed by atoms with Gasteiger partial charge in [-0.3, -0.25) is 0 Å². The largest absolute Gasteiger partial charge is 0.317 e. The summed E-state index contributed by atoms with van der Waals surface area (Å²) < 4.78 is 0. The number of hydrogen-bond donors (Lipinski definition) is 1. The fraction of sp³-hybridized carbons (Fsp3) is 1.00. The number of rotatable bonds is 3. The third kappa shape index (κ3) is 3.25. The molecule has 0 aromatic carbocycles. The molecule has 3 heteroatoms. The van der Waals surface area contributed by atoms with Gasteiger partial charge in [0.15, 0.2) is 0 Å². The molecule has 1 aliphatic heterocycles. The van der Waals surface area contributed by atoms with Gasteiger partial charge in [0, 0.05) is 31.7 Å². The standard InChI is InChI=1S/C10H23N3/c1-9(11-2)7-10-8-12(3)5-6-13(10)4/h9-11H,5-8H2,1-4H3. The van der Waals surface area contributed by atoms with Gasteiger partial charge in [0.05, 0.1) is 0 Å². The van der Waals surface area contributed by atoms with Crippen LogP contribution in [0.5, 0.6) is 0 Å². The zero-order chi connectivity index (χ0) is 9.84. The second-order valence-corrected chi connectivity index (χ2v) is 4.32. The number of piperazine rings is 1. The first-order valence-electron chi connectivity index (χ1n) is 5.19. The zero-order valence-electron chi connectivity index (χ0n) is 9.38. The lowest BCUT2D eigenvalue weighted by Gasteiger charge is -2.38. The van der Waals surface area contributed by atoms with E-state index in [-0.39, 0.29) is 0 Å². The smallest absolute Gasteiger partial charge is 0.0235 e. The molecule has 0 aliphatic carbocycles. The van der Waals surface area contributed by atoms with Crippen LogP contribution in [0.4, 0.5) is 0 Å². The quantitative estimate of drug-likeness (QED) is 0.679. The molecule has 0 amide bonds. The average Bonchev–Trinajstić information content (AvgIpc) is 2.11. The molecule has 3 nitrogen and oxygen atoms in total. The molecule has 0 radical (unpaired) electrons. The van der Waals surface area contributed by atoms with Crippen LogP contribution in [0, 0.1) is 0 Å². The van der Waals surface area contributed by atoms with E-state index in [1.165, 1.54) is 26.1 Å². The first-order chi connectivity index (χ1) is 6.13. The van der Waals surface area contributed by atoms with Gasteiger partial charge in [-0.25, -0.2) is 0 Å². The van der Waals surface area contributed by atoms with Gasteiger partial charge in [-0.1, -0.05) is 0 Å². The summed E-state index contributed by atoms with van der Waals surface area (Å²) in [6.45, 7) is 5.88. The van der Waals surface area contributed by atoms with Gasteiger partial charge in [0.2, 0.25) is 0 Å². The van der Waals surface area contributed by atoms with E-state index in [2.05, 4.69) is 36.1 Å². The molecule has 0 aromatic rings. The molecule has 2 unspecified atom stereocenters. The van der Waals surface area contributed by atoms with Gasteiger partial charge in [0.25, 0.3) is 0 Å². The first-order valence-corrected chi connectivity index (χ1v) is 5.19. The maximum atomic E-state index is 3.30. The lowest BCUT2D eigenvalue weighted by atomic mass is 10.0. The zero-order valence-corrected chi connectivity index (χ0v) is 9.38. The lowest BCUT2D eigenvalue weighted by molar-refractivity contribution is 0.103. The predicted molar refractivity (Wildman–Crippen MR) is 57.1 cm³/mol. The maximum Gasteiger partial charge on any atom is 0.0235 e. The van der Waals surface area contributed by atoms with Crippen LogP contribution in [0.2, 0.25) is 0 Å². The van der Waals surface area contributed by atoms with Crippen molar-refractivity contribution in [1.82, 2.24) is 15.1 Å². The average molecular weight is 185 g/mol. The number of nitrogens with zero attached hydrogens (tertiary/aromatic N) is 2. The van der Waals surface area contributed by atoms with Crippen LogP contribution in [-0.4, -0.2) is 62.7 Å². The lowest BCUT2D eigenvalue weighted by Crippen LogP contribution is -2.51. The molecule has 1 rings (SSSR count). The summed E-state index contributed by atoms with van der Waals surface area (Å²) in [5.41, 5.74) is 0. The molecule has 1 N–H and O–H groups in total. The van der Waals surface area contributed by atoms with Crippen LogP contribution < -0.4 is 5.32 Å². The van der Waals surface area contributed by atoms with Gasteiger partial charge >= 0.3 is 0 Å². The molecular weight excluding hydrogens is 162 g/mol. The summed E-state index contributed by atoms with van der Waals surface area (Å²) in [4.78, 5) is 4.90. The molecule has 13 heavy (non-hydrogen) atoms. The van der Waals surface area contributed by atoms with Crippen molar-refractivity contribution in [1.29, 1.82) is 0 Å². The number of likely N-dealkylation sites (N-methyl/N-ethyl adjacent to an activating group) is 2. The summed E-state index contributed by atoms with van der Waals surface area (Å²) in [5.74, 6) is 0. The third-order valence-corrected chi connectivity index (χ3v) is 3.10. The Balaban J connectivity index is 2.37. The first kappa shape index (κ1) is 11.0. The minimum absolute atomic E-state index is 0.624. The van der Waals surface area contributed by atoms with E-state index in [1.807, 2.05) is 7.05 Å². The number of hydrogen-bond acceptors (Lipinski definition) is 3. The van der Waals surface area contributed by atoms with Crippen molar-refractivity contribution in [3.05, 3.63) is 0 Å². The summed E-state index contributed by atoms with van der Waals surface area (Å²) in [7, 11) is 6.49. The van der Waals surface area contributed by atoms with Gasteiger partial charge in [-0.15, -0.1) is 0 Å². The summed E-state index contributed by atoms with van der Waals surface area (Å²) in [5, 5.41) is 3.30.